The summed E-state index contributed by atoms with van der Waals surface area (Å²) in [4.78, 5) is 12.1. The Labute approximate surface area is 201 Å². The van der Waals surface area contributed by atoms with Gasteiger partial charge in [-0.25, -0.2) is 9.97 Å². The van der Waals surface area contributed by atoms with Crippen molar-refractivity contribution in [2.45, 2.75) is 32.6 Å². The Hall–Kier alpha value is -3.74. The van der Waals surface area contributed by atoms with Gasteiger partial charge in [0.05, 0.1) is 35.9 Å². The molecule has 0 aliphatic carbocycles. The lowest BCUT2D eigenvalue weighted by Gasteiger charge is -2.35. The first-order chi connectivity index (χ1) is 16.4. The maximum absolute atomic E-state index is 9.41. The molecule has 0 unspecified atom stereocenters. The molecule has 0 saturated carbocycles. The molecule has 1 fully saturated rings. The molecular weight excluding hydrogens is 422 g/mol. The van der Waals surface area contributed by atoms with Crippen LogP contribution in [0.4, 0.5) is 0 Å². The van der Waals surface area contributed by atoms with Crippen molar-refractivity contribution in [3.63, 3.8) is 0 Å². The Bertz CT molecular complexity index is 1230. The highest BCUT2D eigenvalue weighted by molar-refractivity contribution is 5.69. The highest BCUT2D eigenvalue weighted by Gasteiger charge is 2.28. The van der Waals surface area contributed by atoms with E-state index >= 15 is 0 Å². The van der Waals surface area contributed by atoms with Crippen molar-refractivity contribution in [1.29, 1.82) is 10.5 Å². The summed E-state index contributed by atoms with van der Waals surface area (Å²) in [5.74, 6) is 1.76. The molecule has 0 atom stereocenters. The summed E-state index contributed by atoms with van der Waals surface area (Å²) >= 11 is 0. The van der Waals surface area contributed by atoms with Gasteiger partial charge in [-0.05, 0) is 81.7 Å². The number of aromatic nitrogens is 2. The number of hydrogen-bond acceptors (Lipinski definition) is 6. The smallest absolute Gasteiger partial charge is 0.159 e. The molecule has 0 spiro atoms. The number of benzene rings is 2. The Morgan fingerprint density at radius 1 is 1.06 bits per heavy atom. The second-order valence-corrected chi connectivity index (χ2v) is 9.46. The minimum atomic E-state index is -0.351. The third-order valence-corrected chi connectivity index (χ3v) is 6.37. The molecule has 0 radical (unpaired) electrons. The molecule has 0 N–H and O–H groups in total. The van der Waals surface area contributed by atoms with Crippen LogP contribution in [0.25, 0.3) is 22.5 Å². The van der Waals surface area contributed by atoms with Gasteiger partial charge in [-0.1, -0.05) is 12.1 Å². The quantitative estimate of drug-likeness (QED) is 0.497. The lowest BCUT2D eigenvalue weighted by atomic mass is 9.87. The predicted octanol–water partition coefficient (Wildman–Crippen LogP) is 5.42. The molecule has 2 heterocycles. The average molecular weight is 452 g/mol. The maximum Gasteiger partial charge on any atom is 0.159 e. The van der Waals surface area contributed by atoms with E-state index in [1.807, 2.05) is 50.4 Å². The maximum atomic E-state index is 9.41. The highest BCUT2D eigenvalue weighted by atomic mass is 16.5. The van der Waals surface area contributed by atoms with Gasteiger partial charge in [0.15, 0.2) is 5.82 Å². The SMILES string of the molecule is COc1cccc(-c2cnc(-c3ccc(C#N)cc3)nc2C2CCN(CC(C)(C)C#N)CC2)c1. The van der Waals surface area contributed by atoms with Crippen LogP contribution in [0.5, 0.6) is 5.75 Å². The Morgan fingerprint density at radius 3 is 2.44 bits per heavy atom. The Balaban J connectivity index is 1.68. The van der Waals surface area contributed by atoms with Crippen molar-refractivity contribution in [1.82, 2.24) is 14.9 Å². The number of nitriles is 2. The zero-order valence-corrected chi connectivity index (χ0v) is 20.0. The van der Waals surface area contributed by atoms with Gasteiger partial charge in [0.25, 0.3) is 0 Å². The van der Waals surface area contributed by atoms with E-state index < -0.39 is 0 Å². The number of likely N-dealkylation sites (tertiary alicyclic amines) is 1. The molecule has 1 saturated heterocycles. The van der Waals surface area contributed by atoms with E-state index in [1.165, 1.54) is 0 Å². The highest BCUT2D eigenvalue weighted by Crippen LogP contribution is 2.36. The first kappa shape index (κ1) is 23.4. The van der Waals surface area contributed by atoms with Gasteiger partial charge in [0.2, 0.25) is 0 Å². The Kier molecular flexibility index (Phi) is 6.91. The first-order valence-electron chi connectivity index (χ1n) is 11.6. The number of nitrogens with zero attached hydrogens (tertiary/aromatic N) is 5. The fourth-order valence-corrected chi connectivity index (χ4v) is 4.51. The zero-order chi connectivity index (χ0) is 24.1. The monoisotopic (exact) mass is 451 g/mol. The van der Waals surface area contributed by atoms with Crippen LogP contribution in [0.15, 0.2) is 54.7 Å². The van der Waals surface area contributed by atoms with Gasteiger partial charge in [-0.3, -0.25) is 0 Å². The van der Waals surface area contributed by atoms with Gasteiger partial charge in [0.1, 0.15) is 5.75 Å². The van der Waals surface area contributed by atoms with E-state index in [0.29, 0.717) is 17.3 Å². The molecule has 0 bridgehead atoms. The summed E-state index contributed by atoms with van der Waals surface area (Å²) in [5, 5.41) is 18.5. The molecule has 1 aromatic heterocycles. The van der Waals surface area contributed by atoms with Gasteiger partial charge in [-0.15, -0.1) is 0 Å². The normalized spacial score (nSPS) is 14.9. The zero-order valence-electron chi connectivity index (χ0n) is 20.0. The standard InChI is InChI=1S/C28H29N5O/c1-28(2,18-30)19-33-13-11-21(12-14-33)26-25(23-5-4-6-24(15-23)34-3)17-31-27(32-26)22-9-7-20(16-29)8-10-22/h4-10,15,17,21H,11-14,19H2,1-3H3. The summed E-state index contributed by atoms with van der Waals surface area (Å²) in [6.07, 6.45) is 3.86. The molecule has 4 rings (SSSR count). The third-order valence-electron chi connectivity index (χ3n) is 6.37. The fourth-order valence-electron chi connectivity index (χ4n) is 4.51. The molecular formula is C28H29N5O. The van der Waals surface area contributed by atoms with Crippen LogP contribution < -0.4 is 4.74 Å². The van der Waals surface area contributed by atoms with Crippen LogP contribution >= 0.6 is 0 Å². The second-order valence-electron chi connectivity index (χ2n) is 9.46. The van der Waals surface area contributed by atoms with E-state index in [0.717, 1.165) is 60.6 Å². The van der Waals surface area contributed by atoms with E-state index in [9.17, 15) is 5.26 Å². The minimum Gasteiger partial charge on any atom is -0.497 e. The van der Waals surface area contributed by atoms with E-state index in [1.54, 1.807) is 19.2 Å². The summed E-state index contributed by atoms with van der Waals surface area (Å²) in [5.41, 5.74) is 4.26. The predicted molar refractivity (Wildman–Crippen MR) is 132 cm³/mol. The molecule has 6 heteroatoms. The van der Waals surface area contributed by atoms with Gasteiger partial charge in [0, 0.05) is 29.8 Å². The van der Waals surface area contributed by atoms with Crippen LogP contribution in [0.3, 0.4) is 0 Å². The van der Waals surface area contributed by atoms with Crippen molar-refractivity contribution in [3.8, 4) is 40.4 Å². The number of methoxy groups -OCH3 is 1. The molecule has 3 aromatic rings. The number of hydrogen-bond donors (Lipinski definition) is 0. The lowest BCUT2D eigenvalue weighted by Crippen LogP contribution is -2.39. The van der Waals surface area contributed by atoms with Crippen molar-refractivity contribution in [2.24, 2.45) is 5.41 Å². The number of ether oxygens (including phenoxy) is 1. The van der Waals surface area contributed by atoms with Crippen molar-refractivity contribution in [3.05, 3.63) is 66.0 Å². The summed E-state index contributed by atoms with van der Waals surface area (Å²) in [6, 6.07) is 20.0. The Morgan fingerprint density at radius 2 is 1.79 bits per heavy atom. The molecule has 2 aromatic carbocycles. The third kappa shape index (κ3) is 5.25. The van der Waals surface area contributed by atoms with Gasteiger partial charge in [-0.2, -0.15) is 10.5 Å². The van der Waals surface area contributed by atoms with Crippen LogP contribution in [-0.2, 0) is 0 Å². The van der Waals surface area contributed by atoms with Crippen LogP contribution in [0, 0.1) is 28.1 Å². The summed E-state index contributed by atoms with van der Waals surface area (Å²) < 4.78 is 5.45. The molecule has 6 nitrogen and oxygen atoms in total. The number of rotatable bonds is 6. The van der Waals surface area contributed by atoms with Gasteiger partial charge >= 0.3 is 0 Å². The first-order valence-corrected chi connectivity index (χ1v) is 11.6. The van der Waals surface area contributed by atoms with Gasteiger partial charge < -0.3 is 9.64 Å². The molecule has 1 aliphatic rings. The minimum absolute atomic E-state index is 0.294. The summed E-state index contributed by atoms with van der Waals surface area (Å²) in [6.45, 7) is 6.63. The van der Waals surface area contributed by atoms with Crippen LogP contribution in [-0.4, -0.2) is 41.6 Å². The average Bonchev–Trinajstić information content (AvgIpc) is 2.88. The largest absolute Gasteiger partial charge is 0.497 e. The van der Waals surface area contributed by atoms with Crippen LogP contribution in [0.1, 0.15) is 43.9 Å². The van der Waals surface area contributed by atoms with Crippen LogP contribution in [0.2, 0.25) is 0 Å². The molecule has 1 aliphatic heterocycles. The van der Waals surface area contributed by atoms with E-state index in [4.69, 9.17) is 15.0 Å². The van der Waals surface area contributed by atoms with Crippen molar-refractivity contribution < 1.29 is 4.74 Å². The van der Waals surface area contributed by atoms with E-state index in [-0.39, 0.29) is 5.41 Å². The van der Waals surface area contributed by atoms with Crippen molar-refractivity contribution >= 4 is 0 Å². The fraction of sp³-hybridized carbons (Fsp3) is 0.357. The summed E-state index contributed by atoms with van der Waals surface area (Å²) in [7, 11) is 1.67. The van der Waals surface area contributed by atoms with E-state index in [2.05, 4.69) is 28.1 Å². The second kappa shape index (κ2) is 10.0. The molecule has 34 heavy (non-hydrogen) atoms. The molecule has 172 valence electrons. The molecule has 0 amide bonds. The lowest BCUT2D eigenvalue weighted by molar-refractivity contribution is 0.169. The van der Waals surface area contributed by atoms with Crippen molar-refractivity contribution in [2.75, 3.05) is 26.7 Å². The topological polar surface area (TPSA) is 85.8 Å². The number of piperidine rings is 1.